The molecule has 0 saturated heterocycles. The van der Waals surface area contributed by atoms with Gasteiger partial charge in [-0.05, 0) is 12.8 Å². The van der Waals surface area contributed by atoms with Gasteiger partial charge in [-0.15, -0.1) is 0 Å². The van der Waals surface area contributed by atoms with Crippen molar-refractivity contribution in [3.63, 3.8) is 0 Å². The van der Waals surface area contributed by atoms with Crippen molar-refractivity contribution < 1.29 is 0 Å². The van der Waals surface area contributed by atoms with Gasteiger partial charge in [0.1, 0.15) is 0 Å². The van der Waals surface area contributed by atoms with Crippen molar-refractivity contribution in [2.45, 2.75) is 63.6 Å². The fraction of sp³-hybridized carbons (Fsp3) is 1.00. The van der Waals surface area contributed by atoms with Crippen LogP contribution in [0.1, 0.15) is 58.8 Å². The minimum atomic E-state index is 0.786. The molecule has 0 aliphatic heterocycles. The summed E-state index contributed by atoms with van der Waals surface area (Å²) >= 11 is 3.71. The maximum Gasteiger partial charge on any atom is 0.0145 e. The highest BCUT2D eigenvalue weighted by Crippen LogP contribution is 2.16. The molecule has 0 aromatic heterocycles. The van der Waals surface area contributed by atoms with Crippen LogP contribution in [0.15, 0.2) is 0 Å². The quantitative estimate of drug-likeness (QED) is 0.438. The van der Waals surface area contributed by atoms with E-state index in [9.17, 15) is 0 Å². The first kappa shape index (κ1) is 11.5. The van der Waals surface area contributed by atoms with Crippen LogP contribution in [0, 0.1) is 0 Å². The van der Waals surface area contributed by atoms with E-state index in [2.05, 4.69) is 29.8 Å². The number of halogens is 1. The van der Waals surface area contributed by atoms with Crippen molar-refractivity contribution in [3.05, 3.63) is 0 Å². The predicted octanol–water partition coefficient (Wildman–Crippen LogP) is 4.52. The topological polar surface area (TPSA) is 0 Å². The molecule has 1 unspecified atom stereocenters. The molecule has 0 spiro atoms. The SMILES string of the molecule is CCCCCC(Br)CCCC. The highest BCUT2D eigenvalue weighted by atomic mass is 79.9. The molecule has 0 aromatic carbocycles. The third kappa shape index (κ3) is 8.39. The van der Waals surface area contributed by atoms with E-state index in [1.54, 1.807) is 0 Å². The lowest BCUT2D eigenvalue weighted by Gasteiger charge is -2.07. The van der Waals surface area contributed by atoms with Gasteiger partial charge in [0, 0.05) is 4.83 Å². The van der Waals surface area contributed by atoms with Crippen LogP contribution < -0.4 is 0 Å². The molecular formula is C10H21Br. The molecular weight excluding hydrogens is 200 g/mol. The average molecular weight is 221 g/mol. The maximum atomic E-state index is 3.71. The fourth-order valence-electron chi connectivity index (χ4n) is 1.19. The molecule has 0 aromatic rings. The first-order chi connectivity index (χ1) is 5.31. The lowest BCUT2D eigenvalue weighted by atomic mass is 10.1. The zero-order valence-corrected chi connectivity index (χ0v) is 9.49. The number of unbranched alkanes of at least 4 members (excludes halogenated alkanes) is 3. The minimum absolute atomic E-state index is 0.786. The zero-order valence-electron chi connectivity index (χ0n) is 7.91. The number of hydrogen-bond donors (Lipinski definition) is 0. The minimum Gasteiger partial charge on any atom is -0.0891 e. The second kappa shape index (κ2) is 8.58. The van der Waals surface area contributed by atoms with Crippen molar-refractivity contribution in [1.29, 1.82) is 0 Å². The van der Waals surface area contributed by atoms with Crippen molar-refractivity contribution >= 4 is 15.9 Å². The molecule has 0 aliphatic carbocycles. The smallest absolute Gasteiger partial charge is 0.0145 e. The van der Waals surface area contributed by atoms with E-state index in [1.807, 2.05) is 0 Å². The van der Waals surface area contributed by atoms with Gasteiger partial charge in [-0.3, -0.25) is 0 Å². The van der Waals surface area contributed by atoms with E-state index < -0.39 is 0 Å². The third-order valence-corrected chi connectivity index (χ3v) is 2.91. The molecule has 0 fully saturated rings. The highest BCUT2D eigenvalue weighted by molar-refractivity contribution is 9.09. The summed E-state index contributed by atoms with van der Waals surface area (Å²) in [6, 6.07) is 0. The normalized spacial score (nSPS) is 13.4. The van der Waals surface area contributed by atoms with Gasteiger partial charge in [-0.2, -0.15) is 0 Å². The number of hydrogen-bond acceptors (Lipinski definition) is 0. The molecule has 0 radical (unpaired) electrons. The van der Waals surface area contributed by atoms with Gasteiger partial charge >= 0.3 is 0 Å². The second-order valence-corrected chi connectivity index (χ2v) is 4.53. The van der Waals surface area contributed by atoms with E-state index in [0.717, 1.165) is 4.83 Å². The Morgan fingerprint density at radius 3 is 2.00 bits per heavy atom. The Morgan fingerprint density at radius 2 is 1.45 bits per heavy atom. The van der Waals surface area contributed by atoms with Gasteiger partial charge in [0.25, 0.3) is 0 Å². The van der Waals surface area contributed by atoms with Gasteiger partial charge in [0.2, 0.25) is 0 Å². The summed E-state index contributed by atoms with van der Waals surface area (Å²) < 4.78 is 0. The Morgan fingerprint density at radius 1 is 0.909 bits per heavy atom. The van der Waals surface area contributed by atoms with E-state index >= 15 is 0 Å². The fourth-order valence-corrected chi connectivity index (χ4v) is 1.83. The Balaban J connectivity index is 3.02. The van der Waals surface area contributed by atoms with E-state index in [1.165, 1.54) is 44.9 Å². The van der Waals surface area contributed by atoms with Crippen LogP contribution in [0.4, 0.5) is 0 Å². The Hall–Kier alpha value is 0.480. The molecule has 0 bridgehead atoms. The number of alkyl halides is 1. The van der Waals surface area contributed by atoms with Crippen molar-refractivity contribution in [2.75, 3.05) is 0 Å². The van der Waals surface area contributed by atoms with Crippen LogP contribution in [-0.2, 0) is 0 Å². The lowest BCUT2D eigenvalue weighted by molar-refractivity contribution is 0.603. The van der Waals surface area contributed by atoms with Crippen molar-refractivity contribution in [2.24, 2.45) is 0 Å². The van der Waals surface area contributed by atoms with Crippen LogP contribution in [0.25, 0.3) is 0 Å². The third-order valence-electron chi connectivity index (χ3n) is 1.99. The Labute approximate surface area is 79.9 Å². The molecule has 1 heteroatoms. The van der Waals surface area contributed by atoms with Gasteiger partial charge in [0.15, 0.2) is 0 Å². The number of rotatable bonds is 7. The van der Waals surface area contributed by atoms with Gasteiger partial charge < -0.3 is 0 Å². The van der Waals surface area contributed by atoms with E-state index in [4.69, 9.17) is 0 Å². The van der Waals surface area contributed by atoms with Gasteiger partial charge in [-0.1, -0.05) is 61.9 Å². The van der Waals surface area contributed by atoms with Crippen LogP contribution in [0.5, 0.6) is 0 Å². The van der Waals surface area contributed by atoms with Crippen LogP contribution >= 0.6 is 15.9 Å². The lowest BCUT2D eigenvalue weighted by Crippen LogP contribution is -1.96. The summed E-state index contributed by atoms with van der Waals surface area (Å²) in [6.07, 6.45) is 9.57. The monoisotopic (exact) mass is 220 g/mol. The molecule has 11 heavy (non-hydrogen) atoms. The maximum absolute atomic E-state index is 3.71. The van der Waals surface area contributed by atoms with Crippen LogP contribution in [0.3, 0.4) is 0 Å². The molecule has 68 valence electrons. The van der Waals surface area contributed by atoms with Crippen molar-refractivity contribution in [1.82, 2.24) is 0 Å². The van der Waals surface area contributed by atoms with E-state index in [0.29, 0.717) is 0 Å². The summed E-state index contributed by atoms with van der Waals surface area (Å²) in [5, 5.41) is 0. The van der Waals surface area contributed by atoms with Crippen molar-refractivity contribution in [3.8, 4) is 0 Å². The highest BCUT2D eigenvalue weighted by Gasteiger charge is 2.01. The standard InChI is InChI=1S/C10H21Br/c1-3-5-7-9-10(11)8-6-4-2/h10H,3-9H2,1-2H3. The summed E-state index contributed by atoms with van der Waals surface area (Å²) in [4.78, 5) is 0.786. The molecule has 0 aliphatic rings. The van der Waals surface area contributed by atoms with Crippen LogP contribution in [-0.4, -0.2) is 4.83 Å². The summed E-state index contributed by atoms with van der Waals surface area (Å²) in [5.41, 5.74) is 0. The van der Waals surface area contributed by atoms with Gasteiger partial charge in [0.05, 0.1) is 0 Å². The molecule has 0 nitrogen and oxygen atoms in total. The zero-order chi connectivity index (χ0) is 8.53. The molecule has 0 amide bonds. The summed E-state index contributed by atoms with van der Waals surface area (Å²) in [5.74, 6) is 0. The molecule has 1 atom stereocenters. The van der Waals surface area contributed by atoms with Gasteiger partial charge in [-0.25, -0.2) is 0 Å². The van der Waals surface area contributed by atoms with E-state index in [-0.39, 0.29) is 0 Å². The summed E-state index contributed by atoms with van der Waals surface area (Å²) in [7, 11) is 0. The Bertz CT molecular complexity index is 71.3. The first-order valence-corrected chi connectivity index (χ1v) is 5.86. The molecule has 0 rings (SSSR count). The molecule has 0 N–H and O–H groups in total. The molecule has 0 saturated carbocycles. The largest absolute Gasteiger partial charge is 0.0891 e. The Kier molecular flexibility index (Phi) is 8.95. The average Bonchev–Trinajstić information content (AvgIpc) is 2.01. The van der Waals surface area contributed by atoms with Crippen LogP contribution in [0.2, 0.25) is 0 Å². The predicted molar refractivity (Wildman–Crippen MR) is 56.4 cm³/mol. The first-order valence-electron chi connectivity index (χ1n) is 4.95. The summed E-state index contributed by atoms with van der Waals surface area (Å²) in [6.45, 7) is 4.51. The second-order valence-electron chi connectivity index (χ2n) is 3.24. The molecule has 0 heterocycles.